The van der Waals surface area contributed by atoms with Gasteiger partial charge in [-0.3, -0.25) is 9.69 Å². The van der Waals surface area contributed by atoms with E-state index in [-0.39, 0.29) is 18.0 Å². The molecule has 2 aromatic rings. The molecule has 0 radical (unpaired) electrons. The molecular weight excluding hydrogens is 364 g/mol. The van der Waals surface area contributed by atoms with Gasteiger partial charge in [0.1, 0.15) is 11.5 Å². The van der Waals surface area contributed by atoms with Gasteiger partial charge in [0.25, 0.3) is 0 Å². The molecule has 2 unspecified atom stereocenters. The first-order chi connectivity index (χ1) is 13.9. The minimum absolute atomic E-state index is 0.0154. The third-order valence-electron chi connectivity index (χ3n) is 5.92. The molecule has 0 spiro atoms. The summed E-state index contributed by atoms with van der Waals surface area (Å²) in [6.07, 6.45) is 2.09. The fourth-order valence-electron chi connectivity index (χ4n) is 4.05. The van der Waals surface area contributed by atoms with Crippen LogP contribution in [0.15, 0.2) is 36.4 Å². The molecule has 0 saturated carbocycles. The summed E-state index contributed by atoms with van der Waals surface area (Å²) >= 11 is 0. The number of hydrogen-bond donors (Lipinski definition) is 1. The lowest BCUT2D eigenvalue weighted by Gasteiger charge is -2.26. The zero-order chi connectivity index (χ0) is 21.0. The van der Waals surface area contributed by atoms with Crippen LogP contribution in [0, 0.1) is 13.8 Å². The monoisotopic (exact) mass is 396 g/mol. The Kier molecular flexibility index (Phi) is 6.80. The van der Waals surface area contributed by atoms with Crippen LogP contribution in [-0.2, 0) is 4.79 Å². The Morgan fingerprint density at radius 2 is 1.93 bits per heavy atom. The number of benzene rings is 2. The van der Waals surface area contributed by atoms with Crippen LogP contribution in [0.4, 0.5) is 0 Å². The number of nitrogens with one attached hydrogen (secondary N) is 1. The summed E-state index contributed by atoms with van der Waals surface area (Å²) in [6.45, 7) is 7.53. The first-order valence-electron chi connectivity index (χ1n) is 10.3. The Balaban J connectivity index is 1.67. The molecule has 29 heavy (non-hydrogen) atoms. The predicted molar refractivity (Wildman–Crippen MR) is 116 cm³/mol. The van der Waals surface area contributed by atoms with Gasteiger partial charge in [-0.1, -0.05) is 24.3 Å². The number of methoxy groups -OCH3 is 2. The van der Waals surface area contributed by atoms with Gasteiger partial charge in [0.05, 0.1) is 26.8 Å². The molecule has 1 N–H and O–H groups in total. The second kappa shape index (κ2) is 9.31. The molecular formula is C24H32N2O3. The maximum Gasteiger partial charge on any atom is 0.234 e. The second-order valence-corrected chi connectivity index (χ2v) is 7.87. The van der Waals surface area contributed by atoms with Gasteiger partial charge >= 0.3 is 0 Å². The highest BCUT2D eigenvalue weighted by molar-refractivity contribution is 5.78. The first kappa shape index (κ1) is 21.2. The number of nitrogens with zero attached hydrogens (tertiary/aromatic N) is 1. The predicted octanol–water partition coefficient (Wildman–Crippen LogP) is 4.33. The molecule has 5 heteroatoms. The van der Waals surface area contributed by atoms with Crippen LogP contribution in [0.1, 0.15) is 54.1 Å². The van der Waals surface area contributed by atoms with E-state index in [0.717, 1.165) is 42.0 Å². The molecule has 3 rings (SSSR count). The number of rotatable bonds is 7. The highest BCUT2D eigenvalue weighted by atomic mass is 16.5. The van der Waals surface area contributed by atoms with E-state index in [1.54, 1.807) is 14.2 Å². The van der Waals surface area contributed by atoms with Crippen molar-refractivity contribution in [3.8, 4) is 11.5 Å². The fraction of sp³-hybridized carbons (Fsp3) is 0.458. The van der Waals surface area contributed by atoms with Gasteiger partial charge in [-0.05, 0) is 62.9 Å². The Bertz CT molecular complexity index is 865. The molecule has 1 fully saturated rings. The summed E-state index contributed by atoms with van der Waals surface area (Å²) in [6, 6.07) is 12.4. The van der Waals surface area contributed by atoms with Gasteiger partial charge in [0.15, 0.2) is 0 Å². The third-order valence-corrected chi connectivity index (χ3v) is 5.92. The standard InChI is InChI=1S/C24H32N2O3/c1-16-8-9-19(13-17(16)2)18(3)25-24(27)15-26-12-6-7-22(26)21-11-10-20(28-4)14-23(21)29-5/h8-11,13-14,18,22H,6-7,12,15H2,1-5H3,(H,25,27). The molecule has 1 heterocycles. The number of hydrogen-bond acceptors (Lipinski definition) is 4. The van der Waals surface area contributed by atoms with Gasteiger partial charge in [0.2, 0.25) is 5.91 Å². The summed E-state index contributed by atoms with van der Waals surface area (Å²) < 4.78 is 10.9. The number of carbonyl (C=O) groups is 1. The lowest BCUT2D eigenvalue weighted by molar-refractivity contribution is -0.123. The minimum atomic E-state index is -0.0154. The molecule has 1 amide bonds. The van der Waals surface area contributed by atoms with Gasteiger partial charge in [0, 0.05) is 17.7 Å². The van der Waals surface area contributed by atoms with E-state index in [1.165, 1.54) is 11.1 Å². The van der Waals surface area contributed by atoms with Crippen molar-refractivity contribution in [3.63, 3.8) is 0 Å². The van der Waals surface area contributed by atoms with Crippen molar-refractivity contribution < 1.29 is 14.3 Å². The third kappa shape index (κ3) is 4.91. The van der Waals surface area contributed by atoms with Crippen molar-refractivity contribution in [2.24, 2.45) is 0 Å². The van der Waals surface area contributed by atoms with Crippen molar-refractivity contribution in [3.05, 3.63) is 58.7 Å². The van der Waals surface area contributed by atoms with E-state index >= 15 is 0 Å². The Labute approximate surface area is 174 Å². The normalized spacial score (nSPS) is 17.8. The molecule has 0 bridgehead atoms. The molecule has 5 nitrogen and oxygen atoms in total. The molecule has 1 aliphatic heterocycles. The number of carbonyl (C=O) groups excluding carboxylic acids is 1. The van der Waals surface area contributed by atoms with Crippen molar-refractivity contribution in [1.29, 1.82) is 0 Å². The molecule has 156 valence electrons. The van der Waals surface area contributed by atoms with Crippen molar-refractivity contribution in [2.45, 2.75) is 45.7 Å². The highest BCUT2D eigenvalue weighted by Gasteiger charge is 2.30. The Morgan fingerprint density at radius 3 is 2.62 bits per heavy atom. The molecule has 2 atom stereocenters. The van der Waals surface area contributed by atoms with Crippen molar-refractivity contribution in [2.75, 3.05) is 27.3 Å². The summed E-state index contributed by atoms with van der Waals surface area (Å²) in [5.74, 6) is 1.63. The van der Waals surface area contributed by atoms with E-state index in [1.807, 2.05) is 19.1 Å². The van der Waals surface area contributed by atoms with E-state index < -0.39 is 0 Å². The SMILES string of the molecule is COc1ccc(C2CCCN2CC(=O)NC(C)c2ccc(C)c(C)c2)c(OC)c1. The molecule has 2 aromatic carbocycles. The van der Waals surface area contributed by atoms with Crippen LogP contribution in [0.3, 0.4) is 0 Å². The first-order valence-corrected chi connectivity index (χ1v) is 10.3. The summed E-state index contributed by atoms with van der Waals surface area (Å²) in [5.41, 5.74) is 4.76. The van der Waals surface area contributed by atoms with Crippen LogP contribution in [0.2, 0.25) is 0 Å². The topological polar surface area (TPSA) is 50.8 Å². The molecule has 1 aliphatic rings. The van der Waals surface area contributed by atoms with Crippen LogP contribution in [0.25, 0.3) is 0 Å². The fourth-order valence-corrected chi connectivity index (χ4v) is 4.05. The van der Waals surface area contributed by atoms with E-state index in [4.69, 9.17) is 9.47 Å². The Morgan fingerprint density at radius 1 is 1.14 bits per heavy atom. The number of ether oxygens (including phenoxy) is 2. The average molecular weight is 397 g/mol. The van der Waals surface area contributed by atoms with Crippen LogP contribution in [-0.4, -0.2) is 38.1 Å². The zero-order valence-electron chi connectivity index (χ0n) is 18.1. The largest absolute Gasteiger partial charge is 0.497 e. The van der Waals surface area contributed by atoms with Crippen molar-refractivity contribution >= 4 is 5.91 Å². The molecule has 0 aromatic heterocycles. The quantitative estimate of drug-likeness (QED) is 0.757. The summed E-state index contributed by atoms with van der Waals surface area (Å²) in [7, 11) is 3.33. The second-order valence-electron chi connectivity index (χ2n) is 7.87. The van der Waals surface area contributed by atoms with Crippen LogP contribution < -0.4 is 14.8 Å². The van der Waals surface area contributed by atoms with E-state index in [2.05, 4.69) is 48.3 Å². The highest BCUT2D eigenvalue weighted by Crippen LogP contribution is 2.38. The average Bonchev–Trinajstić information content (AvgIpc) is 3.16. The maximum atomic E-state index is 12.8. The molecule has 0 aliphatic carbocycles. The summed E-state index contributed by atoms with van der Waals surface area (Å²) in [4.78, 5) is 15.0. The number of amides is 1. The van der Waals surface area contributed by atoms with Crippen LogP contribution in [0.5, 0.6) is 11.5 Å². The van der Waals surface area contributed by atoms with Crippen LogP contribution >= 0.6 is 0 Å². The van der Waals surface area contributed by atoms with Gasteiger partial charge in [-0.15, -0.1) is 0 Å². The smallest absolute Gasteiger partial charge is 0.234 e. The lowest BCUT2D eigenvalue weighted by Crippen LogP contribution is -2.38. The van der Waals surface area contributed by atoms with Gasteiger partial charge < -0.3 is 14.8 Å². The lowest BCUT2D eigenvalue weighted by atomic mass is 10.0. The minimum Gasteiger partial charge on any atom is -0.497 e. The zero-order valence-corrected chi connectivity index (χ0v) is 18.1. The Hall–Kier alpha value is -2.53. The van der Waals surface area contributed by atoms with Crippen molar-refractivity contribution in [1.82, 2.24) is 10.2 Å². The van der Waals surface area contributed by atoms with Gasteiger partial charge in [-0.2, -0.15) is 0 Å². The summed E-state index contributed by atoms with van der Waals surface area (Å²) in [5, 5.41) is 3.16. The maximum absolute atomic E-state index is 12.8. The number of likely N-dealkylation sites (tertiary alicyclic amines) is 1. The number of aryl methyl sites for hydroxylation is 2. The van der Waals surface area contributed by atoms with E-state index in [9.17, 15) is 4.79 Å². The van der Waals surface area contributed by atoms with Gasteiger partial charge in [-0.25, -0.2) is 0 Å². The van der Waals surface area contributed by atoms with E-state index in [0.29, 0.717) is 6.54 Å². The molecule has 1 saturated heterocycles.